The van der Waals surface area contributed by atoms with Crippen LogP contribution in [0.25, 0.3) is 0 Å². The van der Waals surface area contributed by atoms with Crippen LogP contribution in [0.5, 0.6) is 5.75 Å². The van der Waals surface area contributed by atoms with Crippen molar-refractivity contribution in [2.75, 3.05) is 0 Å². The van der Waals surface area contributed by atoms with Gasteiger partial charge in [0.05, 0.1) is 11.6 Å². The summed E-state index contributed by atoms with van der Waals surface area (Å²) in [5.41, 5.74) is 9.06. The van der Waals surface area contributed by atoms with E-state index in [4.69, 9.17) is 10.5 Å². The van der Waals surface area contributed by atoms with Gasteiger partial charge in [-0.15, -0.1) is 0 Å². The third-order valence-corrected chi connectivity index (χ3v) is 4.65. The van der Waals surface area contributed by atoms with Crippen molar-refractivity contribution < 1.29 is 13.9 Å². The summed E-state index contributed by atoms with van der Waals surface area (Å²) in [5.74, 6) is 0.664. The summed E-state index contributed by atoms with van der Waals surface area (Å²) in [6, 6.07) is 5.41. The maximum atomic E-state index is 13.8. The number of nitrogens with zero attached hydrogens (tertiary/aromatic N) is 1. The van der Waals surface area contributed by atoms with Crippen molar-refractivity contribution in [2.45, 2.75) is 38.6 Å². The van der Waals surface area contributed by atoms with Gasteiger partial charge in [-0.3, -0.25) is 9.79 Å². The number of hydrogen-bond acceptors (Lipinski definition) is 4. The molecule has 0 saturated heterocycles. The van der Waals surface area contributed by atoms with Crippen molar-refractivity contribution in [1.82, 2.24) is 0 Å². The summed E-state index contributed by atoms with van der Waals surface area (Å²) in [4.78, 5) is 15.3. The van der Waals surface area contributed by atoms with Crippen LogP contribution in [0.4, 0.5) is 4.39 Å². The Morgan fingerprint density at radius 2 is 2.24 bits per heavy atom. The van der Waals surface area contributed by atoms with Gasteiger partial charge in [0, 0.05) is 24.3 Å². The molecule has 1 aliphatic heterocycles. The Morgan fingerprint density at radius 1 is 1.44 bits per heavy atom. The van der Waals surface area contributed by atoms with E-state index in [1.165, 1.54) is 6.21 Å². The van der Waals surface area contributed by atoms with Crippen molar-refractivity contribution in [3.05, 3.63) is 64.3 Å². The minimum Gasteiger partial charge on any atom is -0.455 e. The normalized spacial score (nSPS) is 21.0. The van der Waals surface area contributed by atoms with Crippen LogP contribution in [-0.2, 0) is 4.79 Å². The third-order valence-electron chi connectivity index (χ3n) is 4.65. The van der Waals surface area contributed by atoms with Gasteiger partial charge in [-0.2, -0.15) is 0 Å². The number of carbonyl (C=O) groups excluding carboxylic acids is 1. The second-order valence-corrected chi connectivity index (χ2v) is 6.37. The van der Waals surface area contributed by atoms with Crippen LogP contribution < -0.4 is 10.5 Å². The average Bonchev–Trinajstić information content (AvgIpc) is 2.97. The van der Waals surface area contributed by atoms with Gasteiger partial charge in [-0.05, 0) is 42.7 Å². The van der Waals surface area contributed by atoms with E-state index in [1.807, 2.05) is 38.1 Å². The molecule has 3 rings (SSSR count). The first kappa shape index (κ1) is 17.1. The number of aryl methyl sites for hydroxylation is 1. The van der Waals surface area contributed by atoms with Crippen molar-refractivity contribution >= 4 is 12.5 Å². The second kappa shape index (κ2) is 7.05. The van der Waals surface area contributed by atoms with Gasteiger partial charge in [-0.1, -0.05) is 19.1 Å². The molecule has 1 aromatic rings. The highest BCUT2D eigenvalue weighted by Gasteiger charge is 2.27. The molecule has 130 valence electrons. The van der Waals surface area contributed by atoms with Crippen LogP contribution in [0.15, 0.2) is 58.2 Å². The molecule has 2 N–H and O–H groups in total. The highest BCUT2D eigenvalue weighted by atomic mass is 19.1. The van der Waals surface area contributed by atoms with E-state index in [9.17, 15) is 9.18 Å². The lowest BCUT2D eigenvalue weighted by molar-refractivity contribution is -0.104. The van der Waals surface area contributed by atoms with Crippen LogP contribution >= 0.6 is 0 Å². The Hall–Kier alpha value is -2.69. The van der Waals surface area contributed by atoms with Gasteiger partial charge in [0.15, 0.2) is 12.0 Å². The highest BCUT2D eigenvalue weighted by molar-refractivity contribution is 6.04. The summed E-state index contributed by atoms with van der Waals surface area (Å²) in [6.45, 7) is 4.00. The number of benzene rings is 1. The first-order valence-corrected chi connectivity index (χ1v) is 8.33. The largest absolute Gasteiger partial charge is 0.455 e. The van der Waals surface area contributed by atoms with E-state index in [1.54, 1.807) is 6.08 Å². The molecule has 2 aliphatic rings. The van der Waals surface area contributed by atoms with Crippen LogP contribution in [-0.4, -0.2) is 18.5 Å². The molecule has 0 aromatic heterocycles. The topological polar surface area (TPSA) is 64.7 Å². The monoisotopic (exact) mass is 340 g/mol. The Labute approximate surface area is 146 Å². The standard InChI is InChI=1S/C20H21FN2O2/c1-12-9-15(25-18-6-4-3-5-17(18)21)7-8-16(12)13(2)20-19(22)14(11-24)10-23-20/h4,6-11,13,20H,3,5,22H2,1-2H3. The maximum Gasteiger partial charge on any atom is 0.158 e. The molecule has 0 amide bonds. The SMILES string of the molecule is Cc1cc(OC2=C(F)CCC=C2)ccc1C(C)C1N=CC(C=O)=C1N. The molecule has 0 radical (unpaired) electrons. The first-order chi connectivity index (χ1) is 12.0. The van der Waals surface area contributed by atoms with E-state index < -0.39 is 0 Å². The number of allylic oxidation sites excluding steroid dienone is 4. The number of rotatable bonds is 5. The molecule has 0 fully saturated rings. The molecular weight excluding hydrogens is 319 g/mol. The van der Waals surface area contributed by atoms with E-state index in [-0.39, 0.29) is 23.5 Å². The number of carbonyl (C=O) groups is 1. The Morgan fingerprint density at radius 3 is 2.88 bits per heavy atom. The molecule has 0 spiro atoms. The summed E-state index contributed by atoms with van der Waals surface area (Å²) in [6.07, 6.45) is 6.91. The smallest absolute Gasteiger partial charge is 0.158 e. The Kier molecular flexibility index (Phi) is 4.83. The molecule has 25 heavy (non-hydrogen) atoms. The van der Waals surface area contributed by atoms with Gasteiger partial charge in [0.25, 0.3) is 0 Å². The van der Waals surface area contributed by atoms with E-state index in [2.05, 4.69) is 4.99 Å². The zero-order valence-electron chi connectivity index (χ0n) is 14.3. The average molecular weight is 340 g/mol. The zero-order chi connectivity index (χ0) is 18.0. The quantitative estimate of drug-likeness (QED) is 0.828. The second-order valence-electron chi connectivity index (χ2n) is 6.37. The van der Waals surface area contributed by atoms with E-state index >= 15 is 0 Å². The van der Waals surface area contributed by atoms with Crippen molar-refractivity contribution in [1.29, 1.82) is 0 Å². The fourth-order valence-electron chi connectivity index (χ4n) is 3.21. The van der Waals surface area contributed by atoms with Crippen molar-refractivity contribution in [3.8, 4) is 5.75 Å². The van der Waals surface area contributed by atoms with Crippen LogP contribution in [0.2, 0.25) is 0 Å². The molecule has 2 atom stereocenters. The van der Waals surface area contributed by atoms with Gasteiger partial charge in [0.1, 0.15) is 11.6 Å². The first-order valence-electron chi connectivity index (χ1n) is 8.33. The number of aliphatic imine (C=N–C) groups is 1. The highest BCUT2D eigenvalue weighted by Crippen LogP contribution is 2.33. The zero-order valence-corrected chi connectivity index (χ0v) is 14.3. The maximum absolute atomic E-state index is 13.8. The predicted octanol–water partition coefficient (Wildman–Crippen LogP) is 3.87. The molecular formula is C20H21FN2O2. The molecule has 0 bridgehead atoms. The van der Waals surface area contributed by atoms with Crippen molar-refractivity contribution in [2.24, 2.45) is 10.7 Å². The molecule has 5 heteroatoms. The summed E-state index contributed by atoms with van der Waals surface area (Å²) in [5, 5.41) is 0. The van der Waals surface area contributed by atoms with Crippen LogP contribution in [0, 0.1) is 6.92 Å². The van der Waals surface area contributed by atoms with Gasteiger partial charge in [0.2, 0.25) is 0 Å². The molecule has 2 unspecified atom stereocenters. The minimum atomic E-state index is -0.243. The fraction of sp³-hybridized carbons (Fsp3) is 0.300. The lowest BCUT2D eigenvalue weighted by Crippen LogP contribution is -2.21. The molecule has 4 nitrogen and oxygen atoms in total. The molecule has 1 aliphatic carbocycles. The summed E-state index contributed by atoms with van der Waals surface area (Å²) >= 11 is 0. The van der Waals surface area contributed by atoms with Gasteiger partial charge >= 0.3 is 0 Å². The lowest BCUT2D eigenvalue weighted by atomic mass is 9.88. The summed E-state index contributed by atoms with van der Waals surface area (Å²) < 4.78 is 19.5. The number of aldehydes is 1. The third kappa shape index (κ3) is 3.40. The predicted molar refractivity (Wildman–Crippen MR) is 96.3 cm³/mol. The lowest BCUT2D eigenvalue weighted by Gasteiger charge is -2.21. The van der Waals surface area contributed by atoms with Gasteiger partial charge < -0.3 is 10.5 Å². The van der Waals surface area contributed by atoms with E-state index in [0.717, 1.165) is 17.4 Å². The van der Waals surface area contributed by atoms with Crippen molar-refractivity contribution in [3.63, 3.8) is 0 Å². The number of halogens is 1. The summed E-state index contributed by atoms with van der Waals surface area (Å²) in [7, 11) is 0. The number of hydrogen-bond donors (Lipinski definition) is 1. The minimum absolute atomic E-state index is 0.0216. The molecule has 0 saturated carbocycles. The Bertz CT molecular complexity index is 821. The number of ether oxygens (including phenoxy) is 1. The van der Waals surface area contributed by atoms with Crippen LogP contribution in [0.1, 0.15) is 36.8 Å². The Balaban J connectivity index is 1.81. The van der Waals surface area contributed by atoms with Crippen LogP contribution in [0.3, 0.4) is 0 Å². The van der Waals surface area contributed by atoms with E-state index in [0.29, 0.717) is 29.9 Å². The molecule has 1 heterocycles. The van der Waals surface area contributed by atoms with Gasteiger partial charge in [-0.25, -0.2) is 4.39 Å². The molecule has 1 aromatic carbocycles. The number of nitrogens with two attached hydrogens (primary N) is 1. The fourth-order valence-corrected chi connectivity index (χ4v) is 3.21.